The van der Waals surface area contributed by atoms with E-state index in [1.54, 1.807) is 12.4 Å². The lowest BCUT2D eigenvalue weighted by Gasteiger charge is -2.35. The molecule has 0 N–H and O–H groups in total. The average Bonchev–Trinajstić information content (AvgIpc) is 3.32. The summed E-state index contributed by atoms with van der Waals surface area (Å²) in [7, 11) is 0. The summed E-state index contributed by atoms with van der Waals surface area (Å²) in [6.45, 7) is 7.35. The predicted molar refractivity (Wildman–Crippen MR) is 123 cm³/mol. The summed E-state index contributed by atoms with van der Waals surface area (Å²) in [5, 5.41) is 0. The number of carbonyl (C=O) groups excluding carboxylic acids is 1. The zero-order chi connectivity index (χ0) is 21.9. The number of benzene rings is 1. The number of piperidine rings is 1. The highest BCUT2D eigenvalue weighted by Gasteiger charge is 2.30. The summed E-state index contributed by atoms with van der Waals surface area (Å²) in [5.74, 6) is 3.27. The number of carbonyl (C=O) groups is 1. The van der Waals surface area contributed by atoms with Gasteiger partial charge in [-0.3, -0.25) is 9.69 Å². The molecule has 7 heteroatoms. The Bertz CT molecular complexity index is 941. The standard InChI is InChI=1S/C25H32N4O3/c1-2-22(30)20-15-26-25(27-16-20)28-10-7-18(8-11-28)17-29-9-3-4-21(29)19-5-6-23-24(14-19)32-13-12-31-23/h5-6,14-16,18,21H,2-4,7-13,17H2,1H3. The van der Waals surface area contributed by atoms with Crippen LogP contribution in [0.2, 0.25) is 0 Å². The summed E-state index contributed by atoms with van der Waals surface area (Å²) in [5.41, 5.74) is 1.95. The number of hydrogen-bond donors (Lipinski definition) is 0. The van der Waals surface area contributed by atoms with Crippen molar-refractivity contribution in [2.45, 2.75) is 45.1 Å². The lowest BCUT2D eigenvalue weighted by atomic mass is 9.95. The van der Waals surface area contributed by atoms with E-state index in [0.29, 0.717) is 37.2 Å². The number of Topliss-reactive ketones (excluding diaryl/α,β-unsaturated/α-hetero) is 1. The molecule has 2 saturated heterocycles. The van der Waals surface area contributed by atoms with E-state index in [0.717, 1.165) is 56.5 Å². The van der Waals surface area contributed by atoms with Crippen molar-refractivity contribution < 1.29 is 14.3 Å². The minimum Gasteiger partial charge on any atom is -0.486 e. The van der Waals surface area contributed by atoms with Crippen LogP contribution in [0.1, 0.15) is 61.0 Å². The first-order valence-corrected chi connectivity index (χ1v) is 11.9. The Morgan fingerprint density at radius 2 is 1.78 bits per heavy atom. The molecule has 0 saturated carbocycles. The first kappa shape index (κ1) is 21.2. The van der Waals surface area contributed by atoms with Crippen LogP contribution in [-0.2, 0) is 0 Å². The number of fused-ring (bicyclic) bond motifs is 1. The fourth-order valence-electron chi connectivity index (χ4n) is 5.17. The Labute approximate surface area is 189 Å². The highest BCUT2D eigenvalue weighted by Crippen LogP contribution is 2.39. The topological polar surface area (TPSA) is 67.8 Å². The molecule has 7 nitrogen and oxygen atoms in total. The molecule has 3 aliphatic heterocycles. The van der Waals surface area contributed by atoms with Crippen LogP contribution in [0.25, 0.3) is 0 Å². The van der Waals surface area contributed by atoms with Crippen molar-refractivity contribution in [1.29, 1.82) is 0 Å². The van der Waals surface area contributed by atoms with Crippen molar-refractivity contribution in [3.05, 3.63) is 41.7 Å². The summed E-state index contributed by atoms with van der Waals surface area (Å²) < 4.78 is 11.5. The van der Waals surface area contributed by atoms with Crippen molar-refractivity contribution in [3.63, 3.8) is 0 Å². The second-order valence-corrected chi connectivity index (χ2v) is 9.03. The highest BCUT2D eigenvalue weighted by molar-refractivity contribution is 5.95. The summed E-state index contributed by atoms with van der Waals surface area (Å²) in [6, 6.07) is 6.93. The molecule has 2 aromatic rings. The van der Waals surface area contributed by atoms with Crippen molar-refractivity contribution in [2.24, 2.45) is 5.92 Å². The van der Waals surface area contributed by atoms with Gasteiger partial charge in [-0.1, -0.05) is 13.0 Å². The van der Waals surface area contributed by atoms with Gasteiger partial charge in [-0.2, -0.15) is 0 Å². The Kier molecular flexibility index (Phi) is 6.26. The van der Waals surface area contributed by atoms with Crippen LogP contribution in [0.4, 0.5) is 5.95 Å². The van der Waals surface area contributed by atoms with Crippen LogP contribution in [0.15, 0.2) is 30.6 Å². The fraction of sp³-hybridized carbons (Fsp3) is 0.560. The van der Waals surface area contributed by atoms with E-state index in [9.17, 15) is 4.79 Å². The maximum absolute atomic E-state index is 11.8. The molecule has 2 fully saturated rings. The average molecular weight is 437 g/mol. The molecule has 0 amide bonds. The largest absolute Gasteiger partial charge is 0.486 e. The second-order valence-electron chi connectivity index (χ2n) is 9.03. The Balaban J connectivity index is 1.17. The van der Waals surface area contributed by atoms with Gasteiger partial charge >= 0.3 is 0 Å². The first-order valence-electron chi connectivity index (χ1n) is 11.9. The molecule has 5 rings (SSSR count). The van der Waals surface area contributed by atoms with Crippen LogP contribution in [-0.4, -0.2) is 60.0 Å². The summed E-state index contributed by atoms with van der Waals surface area (Å²) >= 11 is 0. The molecule has 1 unspecified atom stereocenters. The molecule has 0 radical (unpaired) electrons. The smallest absolute Gasteiger partial charge is 0.225 e. The third-order valence-corrected chi connectivity index (χ3v) is 6.99. The van der Waals surface area contributed by atoms with E-state index in [1.165, 1.54) is 18.4 Å². The Morgan fingerprint density at radius 1 is 1.03 bits per heavy atom. The zero-order valence-corrected chi connectivity index (χ0v) is 18.8. The number of rotatable bonds is 6. The summed E-state index contributed by atoms with van der Waals surface area (Å²) in [6.07, 6.45) is 8.55. The lowest BCUT2D eigenvalue weighted by Crippen LogP contribution is -2.39. The van der Waals surface area contributed by atoms with Gasteiger partial charge in [-0.05, 0) is 55.8 Å². The first-order chi connectivity index (χ1) is 15.7. The van der Waals surface area contributed by atoms with E-state index in [4.69, 9.17) is 9.47 Å². The van der Waals surface area contributed by atoms with Crippen LogP contribution < -0.4 is 14.4 Å². The maximum atomic E-state index is 11.8. The van der Waals surface area contributed by atoms with E-state index in [-0.39, 0.29) is 5.78 Å². The van der Waals surface area contributed by atoms with Gasteiger partial charge in [-0.25, -0.2) is 9.97 Å². The molecule has 1 aromatic carbocycles. The Morgan fingerprint density at radius 3 is 2.53 bits per heavy atom. The number of likely N-dealkylation sites (tertiary alicyclic amines) is 1. The normalized spacial score (nSPS) is 21.7. The van der Waals surface area contributed by atoms with Gasteiger partial charge in [0.1, 0.15) is 13.2 Å². The van der Waals surface area contributed by atoms with Crippen molar-refractivity contribution in [3.8, 4) is 11.5 Å². The number of hydrogen-bond acceptors (Lipinski definition) is 7. The van der Waals surface area contributed by atoms with E-state index < -0.39 is 0 Å². The number of ether oxygens (including phenoxy) is 2. The quantitative estimate of drug-likeness (QED) is 0.636. The monoisotopic (exact) mass is 436 g/mol. The highest BCUT2D eigenvalue weighted by atomic mass is 16.6. The second kappa shape index (κ2) is 9.45. The predicted octanol–water partition coefficient (Wildman–Crippen LogP) is 3.89. The van der Waals surface area contributed by atoms with Gasteiger partial charge in [0.05, 0.1) is 5.56 Å². The van der Waals surface area contributed by atoms with E-state index >= 15 is 0 Å². The van der Waals surface area contributed by atoms with E-state index in [1.807, 2.05) is 6.92 Å². The van der Waals surface area contributed by atoms with Crippen LogP contribution in [0.5, 0.6) is 11.5 Å². The molecule has 1 atom stereocenters. The van der Waals surface area contributed by atoms with Gasteiger partial charge in [-0.15, -0.1) is 0 Å². The third kappa shape index (κ3) is 4.44. The molecule has 0 bridgehead atoms. The number of aromatic nitrogens is 2. The molecule has 1 aromatic heterocycles. The molecule has 170 valence electrons. The molecule has 3 aliphatic rings. The number of anilines is 1. The third-order valence-electron chi connectivity index (χ3n) is 6.99. The van der Waals surface area contributed by atoms with Crippen LogP contribution >= 0.6 is 0 Å². The molecular formula is C25H32N4O3. The zero-order valence-electron chi connectivity index (χ0n) is 18.8. The van der Waals surface area contributed by atoms with E-state index in [2.05, 4.69) is 38.0 Å². The lowest BCUT2D eigenvalue weighted by molar-refractivity contribution is 0.0987. The van der Waals surface area contributed by atoms with Gasteiger partial charge in [0.15, 0.2) is 17.3 Å². The molecule has 4 heterocycles. The molecule has 0 spiro atoms. The molecule has 0 aliphatic carbocycles. The van der Waals surface area contributed by atoms with Gasteiger partial charge < -0.3 is 14.4 Å². The number of ketones is 1. The molecule has 32 heavy (non-hydrogen) atoms. The minimum atomic E-state index is 0.0911. The SMILES string of the molecule is CCC(=O)c1cnc(N2CCC(CN3CCCC3c3ccc4c(c3)OCCO4)CC2)nc1. The minimum absolute atomic E-state index is 0.0911. The maximum Gasteiger partial charge on any atom is 0.225 e. The van der Waals surface area contributed by atoms with Crippen LogP contribution in [0, 0.1) is 5.92 Å². The van der Waals surface area contributed by atoms with Crippen molar-refractivity contribution in [2.75, 3.05) is 44.3 Å². The molecular weight excluding hydrogens is 404 g/mol. The summed E-state index contributed by atoms with van der Waals surface area (Å²) in [4.78, 5) is 25.6. The fourth-order valence-corrected chi connectivity index (χ4v) is 5.17. The van der Waals surface area contributed by atoms with Crippen LogP contribution in [0.3, 0.4) is 0 Å². The van der Waals surface area contributed by atoms with Gasteiger partial charge in [0.25, 0.3) is 0 Å². The Hall–Kier alpha value is -2.67. The van der Waals surface area contributed by atoms with Gasteiger partial charge in [0.2, 0.25) is 5.95 Å². The van der Waals surface area contributed by atoms with Crippen molar-refractivity contribution >= 4 is 11.7 Å². The van der Waals surface area contributed by atoms with Crippen molar-refractivity contribution in [1.82, 2.24) is 14.9 Å². The number of nitrogens with zero attached hydrogens (tertiary/aromatic N) is 4. The van der Waals surface area contributed by atoms with Gasteiger partial charge in [0, 0.05) is 44.5 Å².